The van der Waals surface area contributed by atoms with Crippen molar-refractivity contribution in [3.63, 3.8) is 0 Å². The average molecular weight is 160 g/mol. The van der Waals surface area contributed by atoms with Gasteiger partial charge in [0.25, 0.3) is 0 Å². The maximum Gasteiger partial charge on any atom is 0.237 e. The van der Waals surface area contributed by atoms with Crippen molar-refractivity contribution in [2.45, 2.75) is 20.3 Å². The second-order valence-corrected chi connectivity index (χ2v) is 6.49. The predicted molar refractivity (Wildman–Crippen MR) is 45.4 cm³/mol. The summed E-state index contributed by atoms with van der Waals surface area (Å²) < 4.78 is 0. The van der Waals surface area contributed by atoms with Crippen LogP contribution in [0.5, 0.6) is 0 Å². The molecule has 0 spiro atoms. The third-order valence-electron chi connectivity index (χ3n) is 2.15. The fraction of sp³-hybridized carbons (Fsp3) is 0.714. The van der Waals surface area contributed by atoms with Crippen LogP contribution in [-0.2, 0) is 0 Å². The average Bonchev–Trinajstić information content (AvgIpc) is 2.43. The van der Waals surface area contributed by atoms with E-state index in [1.54, 1.807) is 0 Å². The van der Waals surface area contributed by atoms with Crippen molar-refractivity contribution in [1.82, 2.24) is 4.83 Å². The molecule has 0 radical (unpaired) electrons. The molecular formula is C7H15NOP+. The summed E-state index contributed by atoms with van der Waals surface area (Å²) in [5.41, 5.74) is 0.997. The second-order valence-electron chi connectivity index (χ2n) is 2.67. The highest BCUT2D eigenvalue weighted by Gasteiger charge is 2.65. The van der Waals surface area contributed by atoms with Crippen LogP contribution >= 0.6 is 7.41 Å². The van der Waals surface area contributed by atoms with Crippen LogP contribution in [0.3, 0.4) is 0 Å². The van der Waals surface area contributed by atoms with Crippen molar-refractivity contribution in [3.8, 4) is 0 Å². The molecule has 1 atom stereocenters. The first kappa shape index (κ1) is 8.03. The number of rotatable bonds is 3. The Labute approximate surface area is 62.9 Å². The molecule has 0 aliphatic carbocycles. The van der Waals surface area contributed by atoms with Crippen LogP contribution < -0.4 is 0 Å². The lowest BCUT2D eigenvalue weighted by atomic mass is 10.6. The summed E-state index contributed by atoms with van der Waals surface area (Å²) >= 11 is 0. The summed E-state index contributed by atoms with van der Waals surface area (Å²) in [5, 5.41) is 9.26. The zero-order chi connectivity index (χ0) is 7.78. The largest absolute Gasteiger partial charge is 0.254 e. The third-order valence-corrected chi connectivity index (χ3v) is 6.31. The Balaban J connectivity index is 2.57. The molecule has 0 aromatic heterocycles. The monoisotopic (exact) mass is 160 g/mol. The van der Waals surface area contributed by atoms with Gasteiger partial charge in [-0.25, -0.2) is 0 Å². The van der Waals surface area contributed by atoms with Crippen molar-refractivity contribution in [2.75, 3.05) is 12.3 Å². The number of hydrogen-bond acceptors (Lipinski definition) is 2. The van der Waals surface area contributed by atoms with E-state index in [4.69, 9.17) is 0 Å². The van der Waals surface area contributed by atoms with Gasteiger partial charge in [-0.3, -0.25) is 5.21 Å². The van der Waals surface area contributed by atoms with Crippen LogP contribution in [0.1, 0.15) is 20.3 Å². The van der Waals surface area contributed by atoms with E-state index in [1.165, 1.54) is 4.83 Å². The molecule has 1 fully saturated rings. The SMILES string of the molecule is C=C1N(O)[P+]1(CC)CCC. The minimum absolute atomic E-state index is 0.997. The lowest BCUT2D eigenvalue weighted by Gasteiger charge is -1.98. The van der Waals surface area contributed by atoms with Crippen molar-refractivity contribution in [3.05, 3.63) is 12.0 Å². The van der Waals surface area contributed by atoms with E-state index in [-0.39, 0.29) is 0 Å². The molecule has 0 bridgehead atoms. The first-order valence-corrected chi connectivity index (χ1v) is 5.86. The highest BCUT2D eigenvalue weighted by molar-refractivity contribution is 7.84. The molecule has 1 unspecified atom stereocenters. The van der Waals surface area contributed by atoms with E-state index in [9.17, 15) is 5.21 Å². The first-order chi connectivity index (χ1) is 4.69. The van der Waals surface area contributed by atoms with Crippen LogP contribution in [0.15, 0.2) is 12.0 Å². The van der Waals surface area contributed by atoms with E-state index in [2.05, 4.69) is 20.4 Å². The maximum atomic E-state index is 9.26. The number of hydroxylamine groups is 1. The molecule has 1 aliphatic heterocycles. The first-order valence-electron chi connectivity index (χ1n) is 3.75. The van der Waals surface area contributed by atoms with Gasteiger partial charge in [0.15, 0.2) is 7.41 Å². The van der Waals surface area contributed by atoms with Gasteiger partial charge >= 0.3 is 0 Å². The van der Waals surface area contributed by atoms with Crippen molar-refractivity contribution >= 4 is 7.41 Å². The molecule has 3 heteroatoms. The molecule has 10 heavy (non-hydrogen) atoms. The van der Waals surface area contributed by atoms with Crippen LogP contribution in [0.2, 0.25) is 0 Å². The van der Waals surface area contributed by atoms with E-state index in [0.717, 1.165) is 24.2 Å². The lowest BCUT2D eigenvalue weighted by Crippen LogP contribution is -1.91. The van der Waals surface area contributed by atoms with Crippen LogP contribution in [0, 0.1) is 0 Å². The van der Waals surface area contributed by atoms with E-state index >= 15 is 0 Å². The summed E-state index contributed by atoms with van der Waals surface area (Å²) in [6, 6.07) is 0. The van der Waals surface area contributed by atoms with Crippen molar-refractivity contribution in [2.24, 2.45) is 0 Å². The Morgan fingerprint density at radius 2 is 2.10 bits per heavy atom. The van der Waals surface area contributed by atoms with E-state index in [1.807, 2.05) is 0 Å². The molecule has 1 rings (SSSR count). The highest BCUT2D eigenvalue weighted by atomic mass is 31.2. The fourth-order valence-corrected chi connectivity index (χ4v) is 4.52. The summed E-state index contributed by atoms with van der Waals surface area (Å²) in [6.07, 6.45) is 3.37. The molecular weight excluding hydrogens is 145 g/mol. The summed E-state index contributed by atoms with van der Waals surface area (Å²) in [7, 11) is -1.16. The van der Waals surface area contributed by atoms with Gasteiger partial charge in [0, 0.05) is 0 Å². The van der Waals surface area contributed by atoms with Gasteiger partial charge in [-0.15, -0.1) is 0 Å². The summed E-state index contributed by atoms with van der Waals surface area (Å²) in [6.45, 7) is 8.10. The van der Waals surface area contributed by atoms with Gasteiger partial charge in [0.05, 0.1) is 12.3 Å². The standard InChI is InChI=1S/C7H15NOP/c1-4-6-10(5-2)7(3)8(10)9/h9H,3-6H2,1-2H3/q+1. The van der Waals surface area contributed by atoms with Gasteiger partial charge in [0.1, 0.15) is 0 Å². The Morgan fingerprint density at radius 1 is 1.60 bits per heavy atom. The van der Waals surface area contributed by atoms with Crippen LogP contribution in [0.4, 0.5) is 0 Å². The predicted octanol–water partition coefficient (Wildman–Crippen LogP) is 2.52. The summed E-state index contributed by atoms with van der Waals surface area (Å²) in [4.78, 5) is 1.41. The van der Waals surface area contributed by atoms with Gasteiger partial charge < -0.3 is 0 Å². The second kappa shape index (κ2) is 2.52. The van der Waals surface area contributed by atoms with E-state index < -0.39 is 7.41 Å². The maximum absolute atomic E-state index is 9.26. The normalized spacial score (nSPS) is 31.1. The van der Waals surface area contributed by atoms with Crippen molar-refractivity contribution in [1.29, 1.82) is 0 Å². The summed E-state index contributed by atoms with van der Waals surface area (Å²) in [5.74, 6) is 0. The molecule has 0 saturated carbocycles. The Hall–Kier alpha value is -0.0700. The Morgan fingerprint density at radius 3 is 2.20 bits per heavy atom. The van der Waals surface area contributed by atoms with Gasteiger partial charge in [-0.1, -0.05) is 11.8 Å². The number of nitrogens with zero attached hydrogens (tertiary/aromatic N) is 1. The number of hydrogen-bond donors (Lipinski definition) is 1. The van der Waals surface area contributed by atoms with Crippen LogP contribution in [-0.4, -0.2) is 22.4 Å². The quantitative estimate of drug-likeness (QED) is 0.506. The lowest BCUT2D eigenvalue weighted by molar-refractivity contribution is 0.0887. The molecule has 58 valence electrons. The van der Waals surface area contributed by atoms with Gasteiger partial charge in [-0.2, -0.15) is 0 Å². The molecule has 0 aromatic carbocycles. The zero-order valence-electron chi connectivity index (χ0n) is 6.67. The fourth-order valence-electron chi connectivity index (χ4n) is 1.38. The Kier molecular flexibility index (Phi) is 2.02. The van der Waals surface area contributed by atoms with Gasteiger partial charge in [-0.05, 0) is 19.9 Å². The minimum atomic E-state index is -1.16. The zero-order valence-corrected chi connectivity index (χ0v) is 7.56. The van der Waals surface area contributed by atoms with E-state index in [0.29, 0.717) is 0 Å². The third kappa shape index (κ3) is 0.869. The molecule has 1 saturated heterocycles. The highest BCUT2D eigenvalue weighted by Crippen LogP contribution is 2.83. The van der Waals surface area contributed by atoms with Gasteiger partial charge in [0.2, 0.25) is 5.44 Å². The molecule has 0 aromatic rings. The molecule has 1 N–H and O–H groups in total. The van der Waals surface area contributed by atoms with Crippen molar-refractivity contribution < 1.29 is 5.21 Å². The molecule has 1 aliphatic rings. The molecule has 0 amide bonds. The smallest absolute Gasteiger partial charge is 0.237 e. The molecule has 1 heterocycles. The van der Waals surface area contributed by atoms with Crippen LogP contribution in [0.25, 0.3) is 0 Å². The topological polar surface area (TPSA) is 23.2 Å². The molecule has 2 nitrogen and oxygen atoms in total. The minimum Gasteiger partial charge on any atom is -0.254 e. The Bertz CT molecular complexity index is 160.